The Hall–Kier alpha value is 0.490. The fraction of sp³-hybridized carbons (Fsp3) is 0.750. The monoisotopic (exact) mass is 159 g/mol. The Kier molecular flexibility index (Phi) is 20.4. The quantitative estimate of drug-likeness (QED) is 0.362. The summed E-state index contributed by atoms with van der Waals surface area (Å²) in [7, 11) is 6.00. The Morgan fingerprint density at radius 2 is 1.22 bits per heavy atom. The van der Waals surface area contributed by atoms with Crippen molar-refractivity contribution in [3.63, 3.8) is 0 Å². The van der Waals surface area contributed by atoms with Gasteiger partial charge >= 0.3 is 37.7 Å². The van der Waals surface area contributed by atoms with Crippen LogP contribution in [-0.2, 0) is 0 Å². The van der Waals surface area contributed by atoms with E-state index in [9.17, 15) is 0 Å². The second-order valence-corrected chi connectivity index (χ2v) is 1.59. The van der Waals surface area contributed by atoms with Gasteiger partial charge in [0, 0.05) is 0 Å². The van der Waals surface area contributed by atoms with E-state index in [1.54, 1.807) is 0 Å². The normalized spacial score (nSPS) is 6.67. The van der Waals surface area contributed by atoms with E-state index in [1.165, 1.54) is 0 Å². The summed E-state index contributed by atoms with van der Waals surface area (Å²) in [5.74, 6) is 0. The molecule has 4 nitrogen and oxygen atoms in total. The molecule has 0 bridgehead atoms. The first-order valence-corrected chi connectivity index (χ1v) is 1.95. The molecule has 0 spiro atoms. The Bertz CT molecular complexity index is 60.1. The van der Waals surface area contributed by atoms with E-state index in [-0.39, 0.29) is 37.7 Å². The van der Waals surface area contributed by atoms with Crippen LogP contribution in [0.4, 0.5) is 4.79 Å². The zero-order valence-corrected chi connectivity index (χ0v) is 8.09. The van der Waals surface area contributed by atoms with Crippen LogP contribution in [0.2, 0.25) is 0 Å². The third-order valence-corrected chi connectivity index (χ3v) is 0. The smallest absolute Gasteiger partial charge is 0.652 e. The van der Waals surface area contributed by atoms with Crippen molar-refractivity contribution in [1.82, 2.24) is 4.90 Å². The third kappa shape index (κ3) is 1490. The van der Waals surface area contributed by atoms with Crippen LogP contribution in [-0.4, -0.2) is 69.9 Å². The van der Waals surface area contributed by atoms with Crippen LogP contribution in [0.3, 0.4) is 0 Å². The van der Waals surface area contributed by atoms with Gasteiger partial charge in [0.15, 0.2) is 0 Å². The maximum atomic E-state index is 8.33. The molecule has 0 aliphatic carbocycles. The number of carboxylic acid groups (broad SMARTS) is 2. The van der Waals surface area contributed by atoms with Gasteiger partial charge in [-0.3, -0.25) is 0 Å². The summed E-state index contributed by atoms with van der Waals surface area (Å²) in [5, 5.41) is 16.7. The molecule has 5 heteroatoms. The van der Waals surface area contributed by atoms with Crippen molar-refractivity contribution in [2.24, 2.45) is 0 Å². The molecule has 0 N–H and O–H groups in total. The third-order valence-electron chi connectivity index (χ3n) is 0. The van der Waals surface area contributed by atoms with Gasteiger partial charge in [-0.1, -0.05) is 0 Å². The number of carbonyl (C=O) groups is 1. The van der Waals surface area contributed by atoms with Crippen LogP contribution in [0.5, 0.6) is 0 Å². The van der Waals surface area contributed by atoms with Crippen molar-refractivity contribution < 1.29 is 15.0 Å². The van der Waals surface area contributed by atoms with Crippen molar-refractivity contribution >= 4 is 43.9 Å². The molecular weight excluding hydrogens is 150 g/mol. The molecule has 0 aromatic heterocycles. The van der Waals surface area contributed by atoms with E-state index in [0.717, 1.165) is 0 Å². The van der Waals surface area contributed by atoms with Gasteiger partial charge in [0.2, 0.25) is 0 Å². The van der Waals surface area contributed by atoms with E-state index in [2.05, 4.69) is 0 Å². The first kappa shape index (κ1) is 16.2. The Balaban J connectivity index is -0.0000000720. The second kappa shape index (κ2) is 11.3. The topological polar surface area (TPSA) is 66.4 Å². The largest absolute Gasteiger partial charge is 2.00 e. The zero-order chi connectivity index (χ0) is 7.15. The first-order chi connectivity index (χ1) is 3.46. The van der Waals surface area contributed by atoms with Gasteiger partial charge in [-0.05, 0) is 27.3 Å². The van der Waals surface area contributed by atoms with E-state index in [0.29, 0.717) is 0 Å². The fourth-order valence-corrected chi connectivity index (χ4v) is 0. The minimum atomic E-state index is -2.33. The molecule has 0 aliphatic rings. The first-order valence-electron chi connectivity index (χ1n) is 1.95. The molecule has 50 valence electrons. The van der Waals surface area contributed by atoms with Gasteiger partial charge in [-0.25, -0.2) is 0 Å². The van der Waals surface area contributed by atoms with Crippen LogP contribution in [0.25, 0.3) is 0 Å². The molecule has 0 saturated heterocycles. The van der Waals surface area contributed by atoms with Gasteiger partial charge in [-0.15, -0.1) is 0 Å². The Labute approximate surface area is 84.5 Å². The summed E-state index contributed by atoms with van der Waals surface area (Å²) in [6, 6.07) is 0. The zero-order valence-electron chi connectivity index (χ0n) is 5.88. The van der Waals surface area contributed by atoms with Crippen molar-refractivity contribution in [3.05, 3.63) is 0 Å². The summed E-state index contributed by atoms with van der Waals surface area (Å²) >= 11 is 0. The van der Waals surface area contributed by atoms with Gasteiger partial charge in [0.1, 0.15) is 0 Å². The second-order valence-electron chi connectivity index (χ2n) is 1.59. The van der Waals surface area contributed by atoms with Gasteiger partial charge in [-0.2, -0.15) is 0 Å². The van der Waals surface area contributed by atoms with Gasteiger partial charge in [0.05, 0.1) is 0 Å². The molecule has 0 radical (unpaired) electrons. The minimum Gasteiger partial charge on any atom is -0.652 e. The summed E-state index contributed by atoms with van der Waals surface area (Å²) in [4.78, 5) is 10.3. The summed E-state index contributed by atoms with van der Waals surface area (Å²) in [5.41, 5.74) is 0. The summed E-state index contributed by atoms with van der Waals surface area (Å²) in [6.45, 7) is 0. The number of rotatable bonds is 0. The molecule has 0 amide bonds. The van der Waals surface area contributed by atoms with Crippen LogP contribution in [0, 0.1) is 0 Å². The summed E-state index contributed by atoms with van der Waals surface area (Å²) < 4.78 is 0. The molecule has 0 aromatic carbocycles. The molecule has 0 saturated carbocycles. The van der Waals surface area contributed by atoms with Crippen molar-refractivity contribution in [3.8, 4) is 0 Å². The average molecular weight is 159 g/mol. The van der Waals surface area contributed by atoms with Gasteiger partial charge < -0.3 is 19.9 Å². The maximum Gasteiger partial charge on any atom is 2.00 e. The predicted molar refractivity (Wildman–Crippen MR) is 30.8 cm³/mol. The maximum absolute atomic E-state index is 8.33. The number of hydrogen-bond acceptors (Lipinski definition) is 4. The van der Waals surface area contributed by atoms with Crippen molar-refractivity contribution in [2.75, 3.05) is 21.1 Å². The molecule has 0 aliphatic heterocycles. The molecule has 0 heterocycles. The summed E-state index contributed by atoms with van der Waals surface area (Å²) in [6.07, 6.45) is -2.33. The molecule has 0 fully saturated rings. The van der Waals surface area contributed by atoms with E-state index in [4.69, 9.17) is 15.0 Å². The van der Waals surface area contributed by atoms with Crippen LogP contribution in [0.1, 0.15) is 0 Å². The number of hydrogen-bond donors (Lipinski definition) is 0. The molecule has 0 atom stereocenters. The van der Waals surface area contributed by atoms with E-state index >= 15 is 0 Å². The standard InChI is InChI=1S/C3H9N.CH2O3.Ca/c1-4(2)3;2-1(3)4;/h1-3H3;(H2,2,3,4);/q;;+2/p-2. The minimum absolute atomic E-state index is 0. The number of carbonyl (C=O) groups excluding carboxylic acids is 1. The van der Waals surface area contributed by atoms with E-state index < -0.39 is 6.16 Å². The van der Waals surface area contributed by atoms with Crippen LogP contribution in [0.15, 0.2) is 0 Å². The predicted octanol–water partition coefficient (Wildman–Crippen LogP) is -2.65. The molecule has 0 aromatic rings. The van der Waals surface area contributed by atoms with Crippen molar-refractivity contribution in [1.29, 1.82) is 0 Å². The molecule has 0 rings (SSSR count). The molecule has 9 heavy (non-hydrogen) atoms. The van der Waals surface area contributed by atoms with Crippen LogP contribution >= 0.6 is 0 Å². The van der Waals surface area contributed by atoms with Crippen molar-refractivity contribution in [2.45, 2.75) is 0 Å². The Morgan fingerprint density at radius 1 is 1.22 bits per heavy atom. The number of nitrogens with zero attached hydrogens (tertiary/aromatic N) is 1. The fourth-order valence-electron chi connectivity index (χ4n) is 0. The SMILES string of the molecule is CN(C)C.O=C([O-])[O-].[Ca+2]. The van der Waals surface area contributed by atoms with Crippen LogP contribution < -0.4 is 10.2 Å². The average Bonchev–Trinajstić information content (AvgIpc) is 1.25. The van der Waals surface area contributed by atoms with Gasteiger partial charge in [0.25, 0.3) is 0 Å². The molecular formula is C4H9CaNO3. The Morgan fingerprint density at radius 3 is 1.22 bits per heavy atom. The molecule has 0 unspecified atom stereocenters. The van der Waals surface area contributed by atoms with E-state index in [1.807, 2.05) is 26.0 Å².